The van der Waals surface area contributed by atoms with Crippen molar-refractivity contribution in [2.24, 2.45) is 0 Å². The van der Waals surface area contributed by atoms with Gasteiger partial charge in [0.05, 0.1) is 18.1 Å². The van der Waals surface area contributed by atoms with Crippen LogP contribution in [-0.2, 0) is 10.1 Å². The lowest BCUT2D eigenvalue weighted by Gasteiger charge is -2.13. The highest BCUT2D eigenvalue weighted by molar-refractivity contribution is 7.87. The molecule has 0 spiro atoms. The highest BCUT2D eigenvalue weighted by Gasteiger charge is 2.29. The van der Waals surface area contributed by atoms with Crippen molar-refractivity contribution < 1.29 is 22.3 Å². The van der Waals surface area contributed by atoms with Crippen LogP contribution in [0.15, 0.2) is 35.2 Å². The molecule has 24 heavy (non-hydrogen) atoms. The molecule has 2 aromatic rings. The quantitative estimate of drug-likeness (QED) is 0.466. The minimum atomic E-state index is -4.37. The second-order valence-electron chi connectivity index (χ2n) is 5.36. The Morgan fingerprint density at radius 2 is 1.62 bits per heavy atom. The van der Waals surface area contributed by atoms with Crippen molar-refractivity contribution >= 4 is 15.8 Å². The second kappa shape index (κ2) is 6.48. The van der Waals surface area contributed by atoms with Crippen LogP contribution in [0.3, 0.4) is 0 Å². The molecule has 0 heterocycles. The highest BCUT2D eigenvalue weighted by Crippen LogP contribution is 2.33. The van der Waals surface area contributed by atoms with Gasteiger partial charge in [-0.3, -0.25) is 10.1 Å². The molecule has 0 fully saturated rings. The fraction of sp³-hybridized carbons (Fsp3) is 0.250. The summed E-state index contributed by atoms with van der Waals surface area (Å²) in [5.41, 5.74) is 1.63. The van der Waals surface area contributed by atoms with E-state index >= 15 is 0 Å². The van der Waals surface area contributed by atoms with Gasteiger partial charge in [-0.2, -0.15) is 8.42 Å². The Labute approximate surface area is 140 Å². The summed E-state index contributed by atoms with van der Waals surface area (Å²) >= 11 is 0. The van der Waals surface area contributed by atoms with Crippen LogP contribution in [0, 0.1) is 30.9 Å². The average Bonchev–Trinajstić information content (AvgIpc) is 2.50. The maximum Gasteiger partial charge on any atom is 0.346 e. The number of rotatable bonds is 5. The van der Waals surface area contributed by atoms with Crippen LogP contribution in [0.25, 0.3) is 0 Å². The summed E-state index contributed by atoms with van der Waals surface area (Å²) < 4.78 is 35.2. The van der Waals surface area contributed by atoms with Gasteiger partial charge >= 0.3 is 10.1 Å². The number of hydrogen-bond acceptors (Lipinski definition) is 6. The van der Waals surface area contributed by atoms with Crippen molar-refractivity contribution in [1.82, 2.24) is 0 Å². The summed E-state index contributed by atoms with van der Waals surface area (Å²) in [5.74, 6) is 0.356. The number of ether oxygens (including phenoxy) is 1. The SMILES string of the molecule is COc1ccc(S(=O)(=O)Oc2c(C)cc(C)cc2C)c([N+](=O)[O-])c1. The highest BCUT2D eigenvalue weighted by atomic mass is 32.2. The van der Waals surface area contributed by atoms with Crippen molar-refractivity contribution in [1.29, 1.82) is 0 Å². The molecule has 2 aromatic carbocycles. The Bertz CT molecular complexity index is 882. The molecule has 128 valence electrons. The summed E-state index contributed by atoms with van der Waals surface area (Å²) in [6.45, 7) is 5.31. The normalized spacial score (nSPS) is 11.2. The zero-order valence-electron chi connectivity index (χ0n) is 13.7. The van der Waals surface area contributed by atoms with E-state index in [9.17, 15) is 18.5 Å². The minimum Gasteiger partial charge on any atom is -0.497 e. The molecule has 0 saturated heterocycles. The van der Waals surface area contributed by atoms with Crippen LogP contribution in [0.2, 0.25) is 0 Å². The largest absolute Gasteiger partial charge is 0.497 e. The van der Waals surface area contributed by atoms with Crippen LogP contribution in [0.5, 0.6) is 11.5 Å². The number of nitro benzene ring substituents is 1. The predicted molar refractivity (Wildman–Crippen MR) is 88.1 cm³/mol. The maximum atomic E-state index is 12.5. The lowest BCUT2D eigenvalue weighted by atomic mass is 10.1. The number of hydrogen-bond donors (Lipinski definition) is 0. The number of methoxy groups -OCH3 is 1. The van der Waals surface area contributed by atoms with Gasteiger partial charge in [-0.25, -0.2) is 0 Å². The molecular formula is C16H17NO6S. The van der Waals surface area contributed by atoms with E-state index in [1.165, 1.54) is 13.2 Å². The molecule has 0 radical (unpaired) electrons. The van der Waals surface area contributed by atoms with E-state index in [1.807, 2.05) is 6.92 Å². The molecule has 2 rings (SSSR count). The number of benzene rings is 2. The van der Waals surface area contributed by atoms with Gasteiger partial charge in [0.1, 0.15) is 11.5 Å². The first kappa shape index (κ1) is 17.7. The summed E-state index contributed by atoms with van der Waals surface area (Å²) in [6.07, 6.45) is 0. The molecule has 7 nitrogen and oxygen atoms in total. The molecule has 0 aromatic heterocycles. The smallest absolute Gasteiger partial charge is 0.346 e. The van der Waals surface area contributed by atoms with Crippen molar-refractivity contribution in [2.45, 2.75) is 25.7 Å². The van der Waals surface area contributed by atoms with Crippen molar-refractivity contribution in [2.75, 3.05) is 7.11 Å². The van der Waals surface area contributed by atoms with E-state index in [2.05, 4.69) is 0 Å². The summed E-state index contributed by atoms with van der Waals surface area (Å²) in [5, 5.41) is 11.2. The number of nitrogens with zero attached hydrogens (tertiary/aromatic N) is 1. The Balaban J connectivity index is 2.55. The van der Waals surface area contributed by atoms with Crippen molar-refractivity contribution in [3.8, 4) is 11.5 Å². The standard InChI is InChI=1S/C16H17NO6S/c1-10-7-11(2)16(12(3)8-10)23-24(20,21)15-6-5-13(22-4)9-14(15)17(18)19/h5-9H,1-4H3. The molecule has 0 bridgehead atoms. The van der Waals surface area contributed by atoms with Gasteiger partial charge in [0.15, 0.2) is 4.90 Å². The maximum absolute atomic E-state index is 12.5. The molecule has 8 heteroatoms. The van der Waals surface area contributed by atoms with Gasteiger partial charge in [0.25, 0.3) is 5.69 Å². The van der Waals surface area contributed by atoms with Crippen molar-refractivity contribution in [3.05, 3.63) is 57.1 Å². The third-order valence-electron chi connectivity index (χ3n) is 3.43. The Morgan fingerprint density at radius 3 is 2.12 bits per heavy atom. The van der Waals surface area contributed by atoms with E-state index in [4.69, 9.17) is 8.92 Å². The van der Waals surface area contributed by atoms with Crippen LogP contribution in [-0.4, -0.2) is 20.5 Å². The molecule has 0 amide bonds. The first-order valence-corrected chi connectivity index (χ1v) is 8.41. The van der Waals surface area contributed by atoms with Crippen LogP contribution in [0.4, 0.5) is 5.69 Å². The van der Waals surface area contributed by atoms with Gasteiger partial charge in [-0.05, 0) is 44.0 Å². The van der Waals surface area contributed by atoms with E-state index in [1.54, 1.807) is 26.0 Å². The van der Waals surface area contributed by atoms with Gasteiger partial charge in [-0.1, -0.05) is 17.7 Å². The van der Waals surface area contributed by atoms with E-state index < -0.39 is 25.6 Å². The predicted octanol–water partition coefficient (Wildman–Crippen LogP) is 3.30. The Kier molecular flexibility index (Phi) is 4.79. The molecule has 0 N–H and O–H groups in total. The fourth-order valence-electron chi connectivity index (χ4n) is 2.43. The average molecular weight is 351 g/mol. The van der Waals surface area contributed by atoms with Crippen LogP contribution >= 0.6 is 0 Å². The molecule has 0 aliphatic heterocycles. The fourth-order valence-corrected chi connectivity index (χ4v) is 3.63. The van der Waals surface area contributed by atoms with E-state index in [-0.39, 0.29) is 11.5 Å². The molecule has 0 saturated carbocycles. The zero-order chi connectivity index (χ0) is 18.1. The van der Waals surface area contributed by atoms with Crippen LogP contribution < -0.4 is 8.92 Å². The first-order valence-electron chi connectivity index (χ1n) is 7.00. The molecule has 0 atom stereocenters. The minimum absolute atomic E-state index is 0.172. The molecular weight excluding hydrogens is 334 g/mol. The number of nitro groups is 1. The third kappa shape index (κ3) is 3.48. The van der Waals surface area contributed by atoms with E-state index in [0.717, 1.165) is 17.7 Å². The first-order chi connectivity index (χ1) is 11.2. The van der Waals surface area contributed by atoms with Crippen molar-refractivity contribution in [3.63, 3.8) is 0 Å². The van der Waals surface area contributed by atoms with Gasteiger partial charge in [0.2, 0.25) is 0 Å². The van der Waals surface area contributed by atoms with Gasteiger partial charge < -0.3 is 8.92 Å². The summed E-state index contributed by atoms with van der Waals surface area (Å²) in [4.78, 5) is 9.89. The van der Waals surface area contributed by atoms with Gasteiger partial charge in [0, 0.05) is 0 Å². The summed E-state index contributed by atoms with van der Waals surface area (Å²) in [6, 6.07) is 7.04. The number of aryl methyl sites for hydroxylation is 3. The van der Waals surface area contributed by atoms with Gasteiger partial charge in [-0.15, -0.1) is 0 Å². The Hall–Kier alpha value is -2.61. The van der Waals surface area contributed by atoms with Crippen LogP contribution in [0.1, 0.15) is 16.7 Å². The topological polar surface area (TPSA) is 95.7 Å². The molecule has 0 unspecified atom stereocenters. The monoisotopic (exact) mass is 351 g/mol. The molecule has 0 aliphatic carbocycles. The Morgan fingerprint density at radius 1 is 1.04 bits per heavy atom. The summed E-state index contributed by atoms with van der Waals surface area (Å²) in [7, 11) is -3.03. The lowest BCUT2D eigenvalue weighted by Crippen LogP contribution is -2.13. The third-order valence-corrected chi connectivity index (χ3v) is 4.70. The second-order valence-corrected chi connectivity index (χ2v) is 6.87. The molecule has 0 aliphatic rings. The lowest BCUT2D eigenvalue weighted by molar-refractivity contribution is -0.388. The zero-order valence-corrected chi connectivity index (χ0v) is 14.5. The van der Waals surface area contributed by atoms with E-state index in [0.29, 0.717) is 11.1 Å².